The first-order valence-corrected chi connectivity index (χ1v) is 6.81. The molecule has 5 N–H and O–H groups in total. The lowest BCUT2D eigenvalue weighted by Crippen LogP contribution is -2.46. The van der Waals surface area contributed by atoms with Crippen molar-refractivity contribution in [2.45, 2.75) is 32.4 Å². The maximum Gasteiger partial charge on any atom is 0.326 e. The summed E-state index contributed by atoms with van der Waals surface area (Å²) in [5.41, 5.74) is 4.95. The Morgan fingerprint density at radius 3 is 2.60 bits per heavy atom. The summed E-state index contributed by atoms with van der Waals surface area (Å²) < 4.78 is 0. The predicted molar refractivity (Wildman–Crippen MR) is 74.3 cm³/mol. The monoisotopic (exact) mass is 299 g/mol. The van der Waals surface area contributed by atoms with E-state index in [1.807, 2.05) is 19.1 Å². The standard InChI is InChI=1S/C12H17N3O4S/c1-7-2-3-8(20-7)6-14-12(19)15-9(11(17)18)4-5-10(13)16/h2-3,9H,4-6H2,1H3,(H2,13,16)(H,17,18)(H2,14,15,19)/t9-/m0/s1. The second kappa shape index (κ2) is 7.49. The van der Waals surface area contributed by atoms with Gasteiger partial charge in [0.15, 0.2) is 0 Å². The number of carbonyl (C=O) groups excluding carboxylic acids is 2. The van der Waals surface area contributed by atoms with E-state index in [1.54, 1.807) is 11.3 Å². The summed E-state index contributed by atoms with van der Waals surface area (Å²) >= 11 is 1.55. The van der Waals surface area contributed by atoms with Crippen molar-refractivity contribution in [1.29, 1.82) is 0 Å². The molecule has 3 amide bonds. The molecule has 0 fully saturated rings. The molecule has 0 spiro atoms. The van der Waals surface area contributed by atoms with Gasteiger partial charge in [-0.25, -0.2) is 9.59 Å². The largest absolute Gasteiger partial charge is 0.480 e. The summed E-state index contributed by atoms with van der Waals surface area (Å²) in [7, 11) is 0. The van der Waals surface area contributed by atoms with Crippen LogP contribution in [0.5, 0.6) is 0 Å². The zero-order valence-corrected chi connectivity index (χ0v) is 11.8. The summed E-state index contributed by atoms with van der Waals surface area (Å²) in [5.74, 6) is -1.80. The molecule has 8 heteroatoms. The molecule has 7 nitrogen and oxygen atoms in total. The van der Waals surface area contributed by atoms with E-state index in [-0.39, 0.29) is 12.8 Å². The number of thiophene rings is 1. The summed E-state index contributed by atoms with van der Waals surface area (Å²) in [4.78, 5) is 35.3. The minimum atomic E-state index is -1.20. The van der Waals surface area contributed by atoms with Gasteiger partial charge in [-0.15, -0.1) is 11.3 Å². The predicted octanol–water partition coefficient (Wildman–Crippen LogP) is 0.574. The van der Waals surface area contributed by atoms with Crippen LogP contribution in [0, 0.1) is 6.92 Å². The quantitative estimate of drug-likeness (QED) is 0.588. The molecule has 0 saturated heterocycles. The highest BCUT2D eigenvalue weighted by Crippen LogP contribution is 2.14. The third-order valence-corrected chi connectivity index (χ3v) is 3.50. The van der Waals surface area contributed by atoms with Gasteiger partial charge in [0.25, 0.3) is 0 Å². The lowest BCUT2D eigenvalue weighted by Gasteiger charge is -2.14. The smallest absolute Gasteiger partial charge is 0.326 e. The number of nitrogens with two attached hydrogens (primary N) is 1. The molecule has 0 aliphatic carbocycles. The van der Waals surface area contributed by atoms with E-state index in [0.29, 0.717) is 6.54 Å². The van der Waals surface area contributed by atoms with Crippen LogP contribution in [0.3, 0.4) is 0 Å². The molecule has 0 bridgehead atoms. The molecule has 110 valence electrons. The van der Waals surface area contributed by atoms with Crippen molar-refractivity contribution in [1.82, 2.24) is 10.6 Å². The van der Waals surface area contributed by atoms with E-state index in [4.69, 9.17) is 10.8 Å². The molecule has 20 heavy (non-hydrogen) atoms. The Morgan fingerprint density at radius 1 is 1.40 bits per heavy atom. The fourth-order valence-electron chi connectivity index (χ4n) is 1.50. The number of carboxylic acid groups (broad SMARTS) is 1. The molecule has 0 unspecified atom stereocenters. The van der Waals surface area contributed by atoms with Gasteiger partial charge in [-0.05, 0) is 25.5 Å². The maximum atomic E-state index is 11.6. The van der Waals surface area contributed by atoms with Gasteiger partial charge in [-0.1, -0.05) is 0 Å². The number of nitrogens with one attached hydrogen (secondary N) is 2. The van der Waals surface area contributed by atoms with Gasteiger partial charge in [0, 0.05) is 16.2 Å². The molecular formula is C12H17N3O4S. The zero-order chi connectivity index (χ0) is 15.1. The second-order valence-electron chi connectivity index (χ2n) is 4.24. The van der Waals surface area contributed by atoms with Crippen molar-refractivity contribution in [2.24, 2.45) is 5.73 Å². The van der Waals surface area contributed by atoms with Gasteiger partial charge < -0.3 is 21.5 Å². The van der Waals surface area contributed by atoms with Crippen LogP contribution in [-0.2, 0) is 16.1 Å². The molecule has 0 aliphatic heterocycles. The third kappa shape index (κ3) is 5.70. The summed E-state index contributed by atoms with van der Waals surface area (Å²) in [5, 5.41) is 13.8. The minimum absolute atomic E-state index is 0.0316. The first-order chi connectivity index (χ1) is 9.38. The van der Waals surface area contributed by atoms with Gasteiger partial charge in [-0.2, -0.15) is 0 Å². The molecule has 1 aromatic heterocycles. The van der Waals surface area contributed by atoms with Gasteiger partial charge >= 0.3 is 12.0 Å². The lowest BCUT2D eigenvalue weighted by atomic mass is 10.1. The summed E-state index contributed by atoms with van der Waals surface area (Å²) in [6, 6.07) is 2.11. The number of aryl methyl sites for hydroxylation is 1. The second-order valence-corrected chi connectivity index (χ2v) is 5.61. The van der Waals surface area contributed by atoms with E-state index in [2.05, 4.69) is 10.6 Å². The first kappa shape index (κ1) is 16.0. The molecule has 1 atom stereocenters. The van der Waals surface area contributed by atoms with Crippen LogP contribution >= 0.6 is 11.3 Å². The normalized spacial score (nSPS) is 11.7. The number of aliphatic carboxylic acids is 1. The van der Waals surface area contributed by atoms with E-state index in [9.17, 15) is 14.4 Å². The van der Waals surface area contributed by atoms with Crippen molar-refractivity contribution in [3.63, 3.8) is 0 Å². The topological polar surface area (TPSA) is 122 Å². The zero-order valence-electron chi connectivity index (χ0n) is 11.0. The van der Waals surface area contributed by atoms with Crippen LogP contribution in [0.4, 0.5) is 4.79 Å². The number of amides is 3. The highest BCUT2D eigenvalue weighted by molar-refractivity contribution is 7.11. The number of hydrogen-bond donors (Lipinski definition) is 4. The van der Waals surface area contributed by atoms with Crippen molar-refractivity contribution in [3.8, 4) is 0 Å². The Hall–Kier alpha value is -2.09. The average Bonchev–Trinajstić information content (AvgIpc) is 2.77. The molecule has 0 aliphatic rings. The maximum absolute atomic E-state index is 11.6. The van der Waals surface area contributed by atoms with E-state index in [1.165, 1.54) is 0 Å². The van der Waals surface area contributed by atoms with Crippen LogP contribution in [-0.4, -0.2) is 29.1 Å². The number of urea groups is 1. The number of carbonyl (C=O) groups is 3. The van der Waals surface area contributed by atoms with E-state index >= 15 is 0 Å². The first-order valence-electron chi connectivity index (χ1n) is 5.99. The number of carboxylic acids is 1. The highest BCUT2D eigenvalue weighted by atomic mass is 32.1. The number of hydrogen-bond acceptors (Lipinski definition) is 4. The van der Waals surface area contributed by atoms with E-state index in [0.717, 1.165) is 9.75 Å². The van der Waals surface area contributed by atoms with Crippen LogP contribution < -0.4 is 16.4 Å². The fraction of sp³-hybridized carbons (Fsp3) is 0.417. The Kier molecular flexibility index (Phi) is 5.98. The minimum Gasteiger partial charge on any atom is -0.480 e. The number of primary amides is 1. The van der Waals surface area contributed by atoms with Gasteiger partial charge in [0.1, 0.15) is 6.04 Å². The van der Waals surface area contributed by atoms with Crippen molar-refractivity contribution in [2.75, 3.05) is 0 Å². The molecule has 0 saturated carbocycles. The van der Waals surface area contributed by atoms with Crippen LogP contribution in [0.25, 0.3) is 0 Å². The molecule has 0 aromatic carbocycles. The van der Waals surface area contributed by atoms with Gasteiger partial charge in [0.2, 0.25) is 5.91 Å². The average molecular weight is 299 g/mol. The Labute approximate surface area is 120 Å². The van der Waals surface area contributed by atoms with Gasteiger partial charge in [-0.3, -0.25) is 4.79 Å². The third-order valence-electron chi connectivity index (χ3n) is 2.50. The SMILES string of the molecule is Cc1ccc(CNC(=O)N[C@@H](CCC(N)=O)C(=O)O)s1. The van der Waals surface area contributed by atoms with Crippen molar-refractivity contribution in [3.05, 3.63) is 21.9 Å². The van der Waals surface area contributed by atoms with Crippen LogP contribution in [0.2, 0.25) is 0 Å². The van der Waals surface area contributed by atoms with Crippen molar-refractivity contribution < 1.29 is 19.5 Å². The Bertz CT molecular complexity index is 501. The molecule has 1 aromatic rings. The van der Waals surface area contributed by atoms with Crippen LogP contribution in [0.15, 0.2) is 12.1 Å². The van der Waals surface area contributed by atoms with Gasteiger partial charge in [0.05, 0.1) is 6.54 Å². The molecule has 0 radical (unpaired) electrons. The van der Waals surface area contributed by atoms with Crippen molar-refractivity contribution >= 4 is 29.2 Å². The lowest BCUT2D eigenvalue weighted by molar-refractivity contribution is -0.139. The van der Waals surface area contributed by atoms with Crippen LogP contribution in [0.1, 0.15) is 22.6 Å². The summed E-state index contributed by atoms with van der Waals surface area (Å²) in [6.07, 6.45) is -0.127. The molecule has 1 heterocycles. The molecular weight excluding hydrogens is 282 g/mol. The highest BCUT2D eigenvalue weighted by Gasteiger charge is 2.20. The molecule has 1 rings (SSSR count). The summed E-state index contributed by atoms with van der Waals surface area (Å²) in [6.45, 7) is 2.28. The Morgan fingerprint density at radius 2 is 2.10 bits per heavy atom. The fourth-order valence-corrected chi connectivity index (χ4v) is 2.33. The Balaban J connectivity index is 2.41. The van der Waals surface area contributed by atoms with E-state index < -0.39 is 23.9 Å². The number of rotatable bonds is 7.